The van der Waals surface area contributed by atoms with Crippen LogP contribution in [0.15, 0.2) is 15.2 Å². The zero-order valence-electron chi connectivity index (χ0n) is 8.21. The Morgan fingerprint density at radius 1 is 1.50 bits per heavy atom. The molecule has 0 saturated heterocycles. The number of hydrogen-bond donors (Lipinski definition) is 1. The van der Waals surface area contributed by atoms with Crippen molar-refractivity contribution >= 4 is 27.3 Å². The van der Waals surface area contributed by atoms with Crippen molar-refractivity contribution in [3.8, 4) is 0 Å². The van der Waals surface area contributed by atoms with E-state index in [0.717, 1.165) is 5.92 Å². The van der Waals surface area contributed by atoms with Crippen LogP contribution in [0.2, 0.25) is 0 Å². The second kappa shape index (κ2) is 4.77. The highest BCUT2D eigenvalue weighted by Crippen LogP contribution is 2.33. The zero-order chi connectivity index (χ0) is 9.97. The largest absolute Gasteiger partial charge is 0.324 e. The van der Waals surface area contributed by atoms with E-state index in [2.05, 4.69) is 27.4 Å². The number of halogens is 1. The van der Waals surface area contributed by atoms with Crippen LogP contribution >= 0.6 is 27.3 Å². The topological polar surface area (TPSA) is 26.0 Å². The summed E-state index contributed by atoms with van der Waals surface area (Å²) in [6, 6.07) is 2.41. The fourth-order valence-corrected chi connectivity index (χ4v) is 3.50. The van der Waals surface area contributed by atoms with E-state index in [4.69, 9.17) is 5.73 Å². The summed E-state index contributed by atoms with van der Waals surface area (Å²) in [6.45, 7) is 0. The fourth-order valence-electron chi connectivity index (χ4n) is 2.26. The van der Waals surface area contributed by atoms with Gasteiger partial charge in [0.05, 0.1) is 3.79 Å². The van der Waals surface area contributed by atoms with E-state index in [1.54, 1.807) is 11.3 Å². The number of rotatable bonds is 3. The second-order valence-corrected chi connectivity index (χ2v) is 6.47. The van der Waals surface area contributed by atoms with Crippen molar-refractivity contribution in [2.75, 3.05) is 0 Å². The molecule has 0 aliphatic heterocycles. The SMILES string of the molecule is NC(CC1CCCC1)c1csc(Br)c1. The molecule has 1 unspecified atom stereocenters. The second-order valence-electron chi connectivity index (χ2n) is 4.18. The molecule has 2 N–H and O–H groups in total. The standard InChI is InChI=1S/C11H16BrNS/c12-11-6-9(7-14-11)10(13)5-8-3-1-2-4-8/h6-8,10H,1-5,13H2. The molecule has 3 heteroatoms. The van der Waals surface area contributed by atoms with Gasteiger partial charge in [-0.15, -0.1) is 11.3 Å². The Bertz CT molecular complexity index is 291. The third-order valence-electron chi connectivity index (χ3n) is 3.08. The molecular weight excluding hydrogens is 258 g/mol. The molecule has 1 nitrogen and oxygen atoms in total. The summed E-state index contributed by atoms with van der Waals surface area (Å²) in [6.07, 6.45) is 6.76. The molecule has 0 bridgehead atoms. The van der Waals surface area contributed by atoms with Crippen LogP contribution in [0.5, 0.6) is 0 Å². The van der Waals surface area contributed by atoms with Gasteiger partial charge in [-0.3, -0.25) is 0 Å². The quantitative estimate of drug-likeness (QED) is 0.882. The zero-order valence-corrected chi connectivity index (χ0v) is 10.6. The van der Waals surface area contributed by atoms with Crippen molar-refractivity contribution in [3.63, 3.8) is 0 Å². The van der Waals surface area contributed by atoms with Gasteiger partial charge in [0, 0.05) is 6.04 Å². The first kappa shape index (κ1) is 10.7. The molecule has 0 amide bonds. The van der Waals surface area contributed by atoms with Crippen molar-refractivity contribution in [1.82, 2.24) is 0 Å². The maximum Gasteiger partial charge on any atom is 0.0701 e. The molecule has 1 aromatic rings. The Morgan fingerprint density at radius 2 is 2.21 bits per heavy atom. The predicted octanol–water partition coefficient (Wildman–Crippen LogP) is 4.09. The van der Waals surface area contributed by atoms with Gasteiger partial charge >= 0.3 is 0 Å². The Labute approximate surface area is 97.8 Å². The molecule has 1 saturated carbocycles. The lowest BCUT2D eigenvalue weighted by Gasteiger charge is -2.14. The summed E-state index contributed by atoms with van der Waals surface area (Å²) in [4.78, 5) is 0. The van der Waals surface area contributed by atoms with E-state index in [-0.39, 0.29) is 6.04 Å². The molecule has 0 aromatic carbocycles. The van der Waals surface area contributed by atoms with Crippen molar-refractivity contribution in [2.45, 2.75) is 38.1 Å². The highest BCUT2D eigenvalue weighted by molar-refractivity contribution is 9.11. The highest BCUT2D eigenvalue weighted by Gasteiger charge is 2.19. The molecule has 1 atom stereocenters. The minimum Gasteiger partial charge on any atom is -0.324 e. The van der Waals surface area contributed by atoms with Crippen molar-refractivity contribution in [2.24, 2.45) is 11.7 Å². The Hall–Kier alpha value is 0.140. The van der Waals surface area contributed by atoms with E-state index in [0.29, 0.717) is 0 Å². The van der Waals surface area contributed by atoms with Gasteiger partial charge in [0.2, 0.25) is 0 Å². The smallest absolute Gasteiger partial charge is 0.0701 e. The molecule has 1 fully saturated rings. The summed E-state index contributed by atoms with van der Waals surface area (Å²) in [7, 11) is 0. The van der Waals surface area contributed by atoms with Crippen molar-refractivity contribution < 1.29 is 0 Å². The van der Waals surface area contributed by atoms with E-state index in [1.807, 2.05) is 0 Å². The molecule has 0 spiro atoms. The maximum atomic E-state index is 6.17. The minimum absolute atomic E-state index is 0.251. The van der Waals surface area contributed by atoms with Crippen LogP contribution in [-0.4, -0.2) is 0 Å². The van der Waals surface area contributed by atoms with Crippen LogP contribution in [0.25, 0.3) is 0 Å². The fraction of sp³-hybridized carbons (Fsp3) is 0.636. The number of thiophene rings is 1. The third-order valence-corrected chi connectivity index (χ3v) is 4.60. The molecule has 1 heterocycles. The monoisotopic (exact) mass is 273 g/mol. The molecule has 1 aliphatic rings. The molecule has 0 radical (unpaired) electrons. The van der Waals surface area contributed by atoms with Gasteiger partial charge in [0.15, 0.2) is 0 Å². The van der Waals surface area contributed by atoms with Gasteiger partial charge in [-0.25, -0.2) is 0 Å². The first-order chi connectivity index (χ1) is 6.75. The molecule has 78 valence electrons. The highest BCUT2D eigenvalue weighted by atomic mass is 79.9. The van der Waals surface area contributed by atoms with Crippen LogP contribution in [0.4, 0.5) is 0 Å². The molecule has 1 aliphatic carbocycles. The summed E-state index contributed by atoms with van der Waals surface area (Å²) in [5.74, 6) is 0.878. The first-order valence-electron chi connectivity index (χ1n) is 5.25. The van der Waals surface area contributed by atoms with Gasteiger partial charge < -0.3 is 5.73 Å². The van der Waals surface area contributed by atoms with Crippen LogP contribution in [0.1, 0.15) is 43.7 Å². The van der Waals surface area contributed by atoms with Crippen LogP contribution < -0.4 is 5.73 Å². The molecule has 1 aromatic heterocycles. The summed E-state index contributed by atoms with van der Waals surface area (Å²) >= 11 is 5.20. The summed E-state index contributed by atoms with van der Waals surface area (Å²) in [5.41, 5.74) is 7.47. The van der Waals surface area contributed by atoms with Crippen LogP contribution in [-0.2, 0) is 0 Å². The first-order valence-corrected chi connectivity index (χ1v) is 6.92. The van der Waals surface area contributed by atoms with Gasteiger partial charge in [-0.1, -0.05) is 25.7 Å². The van der Waals surface area contributed by atoms with E-state index < -0.39 is 0 Å². The van der Waals surface area contributed by atoms with Crippen LogP contribution in [0.3, 0.4) is 0 Å². The van der Waals surface area contributed by atoms with E-state index in [1.165, 1.54) is 41.5 Å². The van der Waals surface area contributed by atoms with Gasteiger partial charge in [0.25, 0.3) is 0 Å². The number of hydrogen-bond acceptors (Lipinski definition) is 2. The molecule has 14 heavy (non-hydrogen) atoms. The van der Waals surface area contributed by atoms with Gasteiger partial charge in [0.1, 0.15) is 0 Å². The van der Waals surface area contributed by atoms with Crippen LogP contribution in [0, 0.1) is 5.92 Å². The number of nitrogens with two attached hydrogens (primary N) is 1. The van der Waals surface area contributed by atoms with E-state index >= 15 is 0 Å². The Morgan fingerprint density at radius 3 is 2.79 bits per heavy atom. The lowest BCUT2D eigenvalue weighted by Crippen LogP contribution is -2.13. The minimum atomic E-state index is 0.251. The summed E-state index contributed by atoms with van der Waals surface area (Å²) in [5, 5.41) is 2.17. The van der Waals surface area contributed by atoms with Gasteiger partial charge in [-0.2, -0.15) is 0 Å². The lowest BCUT2D eigenvalue weighted by molar-refractivity contribution is 0.451. The van der Waals surface area contributed by atoms with Gasteiger partial charge in [-0.05, 0) is 45.3 Å². The average Bonchev–Trinajstić information content (AvgIpc) is 2.75. The molecule has 2 rings (SSSR count). The third kappa shape index (κ3) is 2.59. The molecular formula is C11H16BrNS. The normalized spacial score (nSPS) is 20.1. The Balaban J connectivity index is 1.91. The maximum absolute atomic E-state index is 6.17. The Kier molecular flexibility index (Phi) is 3.63. The average molecular weight is 274 g/mol. The van der Waals surface area contributed by atoms with E-state index in [9.17, 15) is 0 Å². The summed E-state index contributed by atoms with van der Waals surface area (Å²) < 4.78 is 1.19. The lowest BCUT2D eigenvalue weighted by atomic mass is 9.96. The van der Waals surface area contributed by atoms with Crippen molar-refractivity contribution in [3.05, 3.63) is 20.8 Å². The van der Waals surface area contributed by atoms with Crippen molar-refractivity contribution in [1.29, 1.82) is 0 Å². The predicted molar refractivity (Wildman–Crippen MR) is 65.5 cm³/mol.